The number of halogens is 5. The minimum atomic E-state index is -4.49. The molecule has 0 bridgehead atoms. The molecular formula is C25H18F5N5. The monoisotopic (exact) mass is 483 g/mol. The molecule has 4 aromatic rings. The fourth-order valence-electron chi connectivity index (χ4n) is 3.92. The fraction of sp³-hybridized carbons (Fsp3) is 0.160. The van der Waals surface area contributed by atoms with Gasteiger partial charge in [-0.2, -0.15) is 18.3 Å². The lowest BCUT2D eigenvalue weighted by Gasteiger charge is -2.21. The highest BCUT2D eigenvalue weighted by atomic mass is 19.4. The fourth-order valence-corrected chi connectivity index (χ4v) is 3.92. The summed E-state index contributed by atoms with van der Waals surface area (Å²) in [5.41, 5.74) is 1.99. The van der Waals surface area contributed by atoms with Gasteiger partial charge in [0.05, 0.1) is 41.8 Å². The van der Waals surface area contributed by atoms with Gasteiger partial charge in [0, 0.05) is 11.8 Å². The Hall–Kier alpha value is -4.08. The Morgan fingerprint density at radius 1 is 1.03 bits per heavy atom. The molecule has 0 radical (unpaired) electrons. The average Bonchev–Trinajstić information content (AvgIpc) is 3.24. The van der Waals surface area contributed by atoms with Crippen LogP contribution in [0.1, 0.15) is 28.1 Å². The molecule has 2 aromatic carbocycles. The van der Waals surface area contributed by atoms with Crippen molar-refractivity contribution in [1.82, 2.24) is 20.0 Å². The van der Waals surface area contributed by atoms with Gasteiger partial charge in [0.1, 0.15) is 11.5 Å². The standard InChI is InChI=1S/C25H18F5N5/c1-14-5-7-16(18(9-14)25(28,29)30)20-8-6-15(10-31-20)12-35-13-22-21(11-32-35)33-24(34-22)17-3-2-4-19(26)23(17)27/h2-11H,12-13H2,1H3,(H,33,34). The molecule has 35 heavy (non-hydrogen) atoms. The highest BCUT2D eigenvalue weighted by Gasteiger charge is 2.34. The van der Waals surface area contributed by atoms with Crippen LogP contribution in [0.15, 0.2) is 59.8 Å². The first kappa shape index (κ1) is 22.7. The van der Waals surface area contributed by atoms with Crippen LogP contribution in [0.5, 0.6) is 0 Å². The number of pyridine rings is 1. The molecule has 0 saturated heterocycles. The number of aromatic nitrogens is 3. The summed E-state index contributed by atoms with van der Waals surface area (Å²) in [6, 6.07) is 11.3. The third kappa shape index (κ3) is 4.51. The number of imidazole rings is 1. The molecule has 0 aliphatic carbocycles. The number of nitrogens with zero attached hydrogens (tertiary/aromatic N) is 4. The molecule has 1 aliphatic rings. The Morgan fingerprint density at radius 2 is 1.86 bits per heavy atom. The van der Waals surface area contributed by atoms with Crippen LogP contribution in [0.2, 0.25) is 0 Å². The number of H-pyrrole nitrogens is 1. The third-order valence-corrected chi connectivity index (χ3v) is 5.65. The molecule has 1 aliphatic heterocycles. The molecule has 1 N–H and O–H groups in total. The van der Waals surface area contributed by atoms with Crippen molar-refractivity contribution < 1.29 is 22.0 Å². The van der Waals surface area contributed by atoms with E-state index in [0.717, 1.165) is 17.7 Å². The highest BCUT2D eigenvalue weighted by molar-refractivity contribution is 5.80. The summed E-state index contributed by atoms with van der Waals surface area (Å²) in [6.45, 7) is 2.27. The molecule has 0 unspecified atom stereocenters. The van der Waals surface area contributed by atoms with Crippen molar-refractivity contribution in [3.8, 4) is 22.6 Å². The predicted molar refractivity (Wildman–Crippen MR) is 120 cm³/mol. The van der Waals surface area contributed by atoms with Gasteiger partial charge in [-0.25, -0.2) is 13.8 Å². The maximum absolute atomic E-state index is 14.1. The Kier molecular flexibility index (Phi) is 5.58. The molecule has 0 fully saturated rings. The first-order valence-electron chi connectivity index (χ1n) is 10.6. The van der Waals surface area contributed by atoms with E-state index in [-0.39, 0.29) is 22.6 Å². The lowest BCUT2D eigenvalue weighted by atomic mass is 10.0. The number of nitrogens with one attached hydrogen (secondary N) is 1. The molecule has 5 nitrogen and oxygen atoms in total. The molecule has 0 amide bonds. The smallest absolute Gasteiger partial charge is 0.340 e. The number of hydrazone groups is 1. The van der Waals surface area contributed by atoms with Crippen LogP contribution < -0.4 is 0 Å². The summed E-state index contributed by atoms with van der Waals surface area (Å²) >= 11 is 0. The molecule has 0 saturated carbocycles. The van der Waals surface area contributed by atoms with Gasteiger partial charge in [-0.15, -0.1) is 0 Å². The first-order chi connectivity index (χ1) is 16.7. The van der Waals surface area contributed by atoms with E-state index in [1.54, 1.807) is 30.1 Å². The number of hydrogen-bond donors (Lipinski definition) is 1. The van der Waals surface area contributed by atoms with Gasteiger partial charge < -0.3 is 4.98 Å². The molecule has 3 heterocycles. The van der Waals surface area contributed by atoms with Crippen LogP contribution >= 0.6 is 0 Å². The van der Waals surface area contributed by atoms with Gasteiger partial charge in [-0.3, -0.25) is 9.99 Å². The zero-order valence-corrected chi connectivity index (χ0v) is 18.4. The zero-order valence-electron chi connectivity index (χ0n) is 18.4. The van der Waals surface area contributed by atoms with Crippen LogP contribution in [-0.2, 0) is 19.3 Å². The second-order valence-electron chi connectivity index (χ2n) is 8.22. The third-order valence-electron chi connectivity index (χ3n) is 5.65. The maximum atomic E-state index is 14.1. The molecule has 178 valence electrons. The summed E-state index contributed by atoms with van der Waals surface area (Å²) < 4.78 is 68.1. The van der Waals surface area contributed by atoms with Crippen molar-refractivity contribution in [3.63, 3.8) is 0 Å². The summed E-state index contributed by atoms with van der Waals surface area (Å²) in [4.78, 5) is 11.6. The maximum Gasteiger partial charge on any atom is 0.417 e. The van der Waals surface area contributed by atoms with E-state index in [1.165, 1.54) is 30.6 Å². The SMILES string of the molecule is Cc1ccc(-c2ccc(CN3Cc4[nH]c(-c5cccc(F)c5F)nc4C=N3)cn2)c(C(F)(F)F)c1. The van der Waals surface area contributed by atoms with E-state index in [9.17, 15) is 22.0 Å². The van der Waals surface area contributed by atoms with Crippen molar-refractivity contribution in [2.75, 3.05) is 0 Å². The van der Waals surface area contributed by atoms with E-state index in [0.29, 0.717) is 30.0 Å². The molecule has 5 rings (SSSR count). The number of aromatic amines is 1. The number of fused-ring (bicyclic) bond motifs is 1. The lowest BCUT2D eigenvalue weighted by Crippen LogP contribution is -2.21. The van der Waals surface area contributed by atoms with Crippen LogP contribution in [-0.4, -0.2) is 26.2 Å². The summed E-state index contributed by atoms with van der Waals surface area (Å²) in [5, 5.41) is 6.04. The number of benzene rings is 2. The number of aryl methyl sites for hydroxylation is 1. The largest absolute Gasteiger partial charge is 0.417 e. The quantitative estimate of drug-likeness (QED) is 0.357. The van der Waals surface area contributed by atoms with Crippen LogP contribution in [0.25, 0.3) is 22.6 Å². The Morgan fingerprint density at radius 3 is 2.60 bits per heavy atom. The summed E-state index contributed by atoms with van der Waals surface area (Å²) in [7, 11) is 0. The lowest BCUT2D eigenvalue weighted by molar-refractivity contribution is -0.137. The minimum absolute atomic E-state index is 0.0184. The predicted octanol–water partition coefficient (Wildman–Crippen LogP) is 6.09. The van der Waals surface area contributed by atoms with E-state index < -0.39 is 23.4 Å². The van der Waals surface area contributed by atoms with Gasteiger partial charge in [-0.1, -0.05) is 29.8 Å². The molecule has 0 atom stereocenters. The van der Waals surface area contributed by atoms with E-state index in [4.69, 9.17) is 0 Å². The number of hydrogen-bond acceptors (Lipinski definition) is 4. The number of alkyl halides is 3. The second-order valence-corrected chi connectivity index (χ2v) is 8.22. The molecule has 2 aromatic heterocycles. The van der Waals surface area contributed by atoms with Gasteiger partial charge in [0.15, 0.2) is 11.6 Å². The van der Waals surface area contributed by atoms with Gasteiger partial charge in [0.25, 0.3) is 0 Å². The molecule has 0 spiro atoms. The van der Waals surface area contributed by atoms with Gasteiger partial charge >= 0.3 is 6.18 Å². The Balaban J connectivity index is 1.33. The van der Waals surface area contributed by atoms with Gasteiger partial charge in [-0.05, 0) is 36.8 Å². The van der Waals surface area contributed by atoms with Crippen LogP contribution in [0.3, 0.4) is 0 Å². The Bertz CT molecular complexity index is 1420. The summed E-state index contributed by atoms with van der Waals surface area (Å²) in [5.74, 6) is -1.75. The normalized spacial score (nSPS) is 13.3. The van der Waals surface area contributed by atoms with Crippen molar-refractivity contribution >= 4 is 6.21 Å². The summed E-state index contributed by atoms with van der Waals surface area (Å²) in [6.07, 6.45) is -1.46. The zero-order chi connectivity index (χ0) is 24.7. The average molecular weight is 483 g/mol. The first-order valence-corrected chi connectivity index (χ1v) is 10.6. The van der Waals surface area contributed by atoms with Crippen molar-refractivity contribution in [3.05, 3.63) is 94.4 Å². The van der Waals surface area contributed by atoms with E-state index >= 15 is 0 Å². The topological polar surface area (TPSA) is 57.2 Å². The van der Waals surface area contributed by atoms with Crippen molar-refractivity contribution in [1.29, 1.82) is 0 Å². The Labute approximate surface area is 197 Å². The van der Waals surface area contributed by atoms with Crippen LogP contribution in [0, 0.1) is 18.6 Å². The molecular weight excluding hydrogens is 465 g/mol. The van der Waals surface area contributed by atoms with Crippen molar-refractivity contribution in [2.24, 2.45) is 5.10 Å². The van der Waals surface area contributed by atoms with Crippen LogP contribution in [0.4, 0.5) is 22.0 Å². The van der Waals surface area contributed by atoms with E-state index in [2.05, 4.69) is 20.1 Å². The van der Waals surface area contributed by atoms with E-state index in [1.807, 2.05) is 0 Å². The molecule has 10 heteroatoms. The minimum Gasteiger partial charge on any atom is -0.340 e. The van der Waals surface area contributed by atoms with Crippen molar-refractivity contribution in [2.45, 2.75) is 26.2 Å². The second kappa shape index (κ2) is 8.61. The van der Waals surface area contributed by atoms with Gasteiger partial charge in [0.2, 0.25) is 0 Å². The highest BCUT2D eigenvalue weighted by Crippen LogP contribution is 2.37. The number of rotatable bonds is 4.